The predicted octanol–water partition coefficient (Wildman–Crippen LogP) is 4.66. The molecule has 0 aliphatic heterocycles. The van der Waals surface area contributed by atoms with Crippen LogP contribution in [0.15, 0.2) is 15.9 Å². The van der Waals surface area contributed by atoms with E-state index in [1.165, 1.54) is 4.88 Å². The van der Waals surface area contributed by atoms with Crippen molar-refractivity contribution in [2.75, 3.05) is 20.1 Å². The number of halogens is 1. The van der Waals surface area contributed by atoms with Crippen molar-refractivity contribution in [3.8, 4) is 0 Å². The summed E-state index contributed by atoms with van der Waals surface area (Å²) in [7, 11) is 1.78. The number of hydrogen-bond acceptors (Lipinski definition) is 4. The summed E-state index contributed by atoms with van der Waals surface area (Å²) in [5.74, 6) is 0.350. The Morgan fingerprint density at radius 2 is 2.05 bits per heavy atom. The largest absolute Gasteiger partial charge is 0.444 e. The Kier molecular flexibility index (Phi) is 7.35. The van der Waals surface area contributed by atoms with Gasteiger partial charge < -0.3 is 15.0 Å². The quantitative estimate of drug-likeness (QED) is 0.767. The first-order valence-corrected chi connectivity index (χ1v) is 9.12. The molecule has 1 N–H and O–H groups in total. The second-order valence-electron chi connectivity index (χ2n) is 6.74. The highest BCUT2D eigenvalue weighted by atomic mass is 79.9. The normalized spacial score (nSPS) is 14.5. The fourth-order valence-corrected chi connectivity index (χ4v) is 3.44. The summed E-state index contributed by atoms with van der Waals surface area (Å²) in [5.41, 5.74) is -0.450. The third-order valence-corrected chi connectivity index (χ3v) is 4.89. The maximum atomic E-state index is 11.9. The second kappa shape index (κ2) is 8.31. The molecular weight excluding hydrogens is 364 g/mol. The van der Waals surface area contributed by atoms with E-state index in [-0.39, 0.29) is 6.09 Å². The van der Waals surface area contributed by atoms with E-state index in [2.05, 4.69) is 47.2 Å². The van der Waals surface area contributed by atoms with Crippen LogP contribution in [0.5, 0.6) is 0 Å². The Bertz CT molecular complexity index is 485. The molecule has 2 atom stereocenters. The lowest BCUT2D eigenvalue weighted by Gasteiger charge is -2.27. The summed E-state index contributed by atoms with van der Waals surface area (Å²) in [5, 5.41) is 3.52. The molecule has 4 nitrogen and oxygen atoms in total. The molecule has 1 amide bonds. The van der Waals surface area contributed by atoms with Gasteiger partial charge in [0.1, 0.15) is 5.60 Å². The summed E-state index contributed by atoms with van der Waals surface area (Å²) in [6.07, 6.45) is -0.269. The molecule has 0 fully saturated rings. The number of rotatable bonds is 6. The monoisotopic (exact) mass is 390 g/mol. The fraction of sp³-hybridized carbons (Fsp3) is 0.688. The van der Waals surface area contributed by atoms with E-state index >= 15 is 0 Å². The average Bonchev–Trinajstić information content (AvgIpc) is 2.80. The van der Waals surface area contributed by atoms with Crippen molar-refractivity contribution in [1.82, 2.24) is 10.2 Å². The predicted molar refractivity (Wildman–Crippen MR) is 96.5 cm³/mol. The first kappa shape index (κ1) is 19.5. The third-order valence-electron chi connectivity index (χ3n) is 3.08. The molecule has 0 radical (unpaired) electrons. The zero-order chi connectivity index (χ0) is 16.9. The van der Waals surface area contributed by atoms with Gasteiger partial charge in [-0.1, -0.05) is 6.92 Å². The number of carbonyl (C=O) groups excluding carboxylic acids is 1. The van der Waals surface area contributed by atoms with Crippen LogP contribution in [-0.2, 0) is 4.74 Å². The van der Waals surface area contributed by atoms with Crippen LogP contribution in [0.1, 0.15) is 45.5 Å². The molecule has 0 aliphatic carbocycles. The van der Waals surface area contributed by atoms with Crippen LogP contribution in [-0.4, -0.2) is 36.7 Å². The molecule has 0 aromatic carbocycles. The van der Waals surface area contributed by atoms with Crippen molar-refractivity contribution in [3.63, 3.8) is 0 Å². The molecule has 0 aliphatic rings. The number of hydrogen-bond donors (Lipinski definition) is 1. The van der Waals surface area contributed by atoms with Crippen LogP contribution in [0.2, 0.25) is 0 Å². The standard InChI is InChI=1S/C16H27BrN2O2S/c1-11(10-19(6)15(20)21-16(3,4)5)9-18-12(2)13-7-8-14(17)22-13/h7-8,11-12,18H,9-10H2,1-6H3. The molecule has 1 heterocycles. The second-order valence-corrected chi connectivity index (χ2v) is 9.23. The number of nitrogens with zero attached hydrogens (tertiary/aromatic N) is 1. The zero-order valence-corrected chi connectivity index (χ0v) is 16.7. The molecule has 126 valence electrons. The summed E-state index contributed by atoms with van der Waals surface area (Å²) >= 11 is 5.23. The van der Waals surface area contributed by atoms with Gasteiger partial charge in [-0.2, -0.15) is 0 Å². The molecule has 1 aromatic rings. The maximum Gasteiger partial charge on any atom is 0.410 e. The van der Waals surface area contributed by atoms with Crippen molar-refractivity contribution >= 4 is 33.4 Å². The van der Waals surface area contributed by atoms with Crippen molar-refractivity contribution in [1.29, 1.82) is 0 Å². The lowest BCUT2D eigenvalue weighted by molar-refractivity contribution is 0.0276. The van der Waals surface area contributed by atoms with Gasteiger partial charge in [-0.05, 0) is 68.2 Å². The number of nitrogens with one attached hydrogen (secondary N) is 1. The van der Waals surface area contributed by atoms with Crippen LogP contribution in [0.4, 0.5) is 4.79 Å². The van der Waals surface area contributed by atoms with Crippen LogP contribution in [0, 0.1) is 5.92 Å². The summed E-state index contributed by atoms with van der Waals surface area (Å²) in [6, 6.07) is 4.51. The van der Waals surface area contributed by atoms with Gasteiger partial charge in [0.05, 0.1) is 3.79 Å². The number of carbonyl (C=O) groups is 1. The molecular formula is C16H27BrN2O2S. The van der Waals surface area contributed by atoms with Crippen LogP contribution in [0.25, 0.3) is 0 Å². The van der Waals surface area contributed by atoms with Gasteiger partial charge in [-0.3, -0.25) is 0 Å². The molecule has 6 heteroatoms. The Morgan fingerprint density at radius 3 is 2.55 bits per heavy atom. The van der Waals surface area contributed by atoms with E-state index in [9.17, 15) is 4.79 Å². The highest BCUT2D eigenvalue weighted by Crippen LogP contribution is 2.27. The van der Waals surface area contributed by atoms with Gasteiger partial charge in [0.2, 0.25) is 0 Å². The number of amides is 1. The van der Waals surface area contributed by atoms with Crippen molar-refractivity contribution in [2.24, 2.45) is 5.92 Å². The minimum absolute atomic E-state index is 0.269. The molecule has 1 aromatic heterocycles. The SMILES string of the molecule is CC(CNC(C)c1ccc(Br)s1)CN(C)C(=O)OC(C)(C)C. The van der Waals surface area contributed by atoms with Gasteiger partial charge in [0, 0.05) is 24.5 Å². The summed E-state index contributed by atoms with van der Waals surface area (Å²) in [6.45, 7) is 11.4. The zero-order valence-electron chi connectivity index (χ0n) is 14.3. The minimum atomic E-state index is -0.450. The Labute approximate surface area is 146 Å². The molecule has 0 bridgehead atoms. The Morgan fingerprint density at radius 1 is 1.41 bits per heavy atom. The Hall–Kier alpha value is -0.590. The van der Waals surface area contributed by atoms with Crippen LogP contribution in [0.3, 0.4) is 0 Å². The molecule has 0 spiro atoms. The van der Waals surface area contributed by atoms with Crippen molar-refractivity contribution in [3.05, 3.63) is 20.8 Å². The van der Waals surface area contributed by atoms with E-state index in [0.29, 0.717) is 18.5 Å². The first-order valence-electron chi connectivity index (χ1n) is 7.51. The molecule has 0 saturated heterocycles. The maximum absolute atomic E-state index is 11.9. The molecule has 0 saturated carbocycles. The highest BCUT2D eigenvalue weighted by Gasteiger charge is 2.21. The third kappa shape index (κ3) is 7.11. The van der Waals surface area contributed by atoms with E-state index in [1.54, 1.807) is 23.3 Å². The lowest BCUT2D eigenvalue weighted by Crippen LogP contribution is -2.38. The topological polar surface area (TPSA) is 41.6 Å². The molecule has 1 rings (SSSR count). The van der Waals surface area contributed by atoms with E-state index in [4.69, 9.17) is 4.74 Å². The van der Waals surface area contributed by atoms with E-state index in [1.807, 2.05) is 20.8 Å². The van der Waals surface area contributed by atoms with E-state index < -0.39 is 5.60 Å². The van der Waals surface area contributed by atoms with Gasteiger partial charge in [-0.25, -0.2) is 4.79 Å². The van der Waals surface area contributed by atoms with Gasteiger partial charge in [0.25, 0.3) is 0 Å². The van der Waals surface area contributed by atoms with Gasteiger partial charge in [0.15, 0.2) is 0 Å². The van der Waals surface area contributed by atoms with Gasteiger partial charge in [-0.15, -0.1) is 11.3 Å². The summed E-state index contributed by atoms with van der Waals surface area (Å²) < 4.78 is 6.51. The number of ether oxygens (including phenoxy) is 1. The first-order chi connectivity index (χ1) is 10.1. The van der Waals surface area contributed by atoms with E-state index in [0.717, 1.165) is 10.3 Å². The fourth-order valence-electron chi connectivity index (χ4n) is 1.99. The minimum Gasteiger partial charge on any atom is -0.444 e. The summed E-state index contributed by atoms with van der Waals surface area (Å²) in [4.78, 5) is 14.9. The highest BCUT2D eigenvalue weighted by molar-refractivity contribution is 9.11. The molecule has 2 unspecified atom stereocenters. The van der Waals surface area contributed by atoms with Gasteiger partial charge >= 0.3 is 6.09 Å². The number of thiophene rings is 1. The van der Waals surface area contributed by atoms with Crippen LogP contribution >= 0.6 is 27.3 Å². The van der Waals surface area contributed by atoms with Crippen molar-refractivity contribution in [2.45, 2.75) is 46.3 Å². The molecule has 22 heavy (non-hydrogen) atoms. The van der Waals surface area contributed by atoms with Crippen LogP contribution < -0.4 is 5.32 Å². The smallest absolute Gasteiger partial charge is 0.410 e. The Balaban J connectivity index is 2.36. The van der Waals surface area contributed by atoms with Crippen molar-refractivity contribution < 1.29 is 9.53 Å². The lowest BCUT2D eigenvalue weighted by atomic mass is 10.1. The average molecular weight is 391 g/mol.